The maximum atomic E-state index is 8.77. The Balaban J connectivity index is 3.01. The third kappa shape index (κ3) is 2.32. The molecule has 1 aromatic rings. The Morgan fingerprint density at radius 1 is 1.57 bits per heavy atom. The second-order valence-corrected chi connectivity index (χ2v) is 3.30. The summed E-state index contributed by atoms with van der Waals surface area (Å²) >= 11 is 0. The van der Waals surface area contributed by atoms with Gasteiger partial charge in [-0.25, -0.2) is 0 Å². The second kappa shape index (κ2) is 4.75. The first kappa shape index (κ1) is 10.7. The molecule has 0 spiro atoms. The molecule has 0 amide bonds. The first-order valence-electron chi connectivity index (χ1n) is 4.56. The summed E-state index contributed by atoms with van der Waals surface area (Å²) in [5.74, 6) is 0. The number of rotatable bonds is 3. The van der Waals surface area contributed by atoms with Crippen LogP contribution in [-0.4, -0.2) is 11.7 Å². The minimum atomic E-state index is -0.187. The molecule has 74 valence electrons. The molecule has 3 N–H and O–H groups in total. The van der Waals surface area contributed by atoms with E-state index in [1.54, 1.807) is 12.1 Å². The molecule has 0 radical (unpaired) electrons. The molecule has 14 heavy (non-hydrogen) atoms. The summed E-state index contributed by atoms with van der Waals surface area (Å²) < 4.78 is 0. The van der Waals surface area contributed by atoms with E-state index in [0.29, 0.717) is 12.0 Å². The third-order valence-electron chi connectivity index (χ3n) is 2.25. The highest BCUT2D eigenvalue weighted by molar-refractivity contribution is 5.39. The van der Waals surface area contributed by atoms with E-state index in [2.05, 4.69) is 6.07 Å². The van der Waals surface area contributed by atoms with Crippen LogP contribution in [0.1, 0.15) is 29.2 Å². The number of aryl methyl sites for hydroxylation is 1. The van der Waals surface area contributed by atoms with Gasteiger partial charge in [-0.05, 0) is 36.6 Å². The summed E-state index contributed by atoms with van der Waals surface area (Å²) in [6, 6.07) is 7.32. The average Bonchev–Trinajstić information content (AvgIpc) is 2.19. The molecule has 0 aliphatic rings. The average molecular weight is 190 g/mol. The van der Waals surface area contributed by atoms with Crippen LogP contribution in [-0.2, 0) is 0 Å². The highest BCUT2D eigenvalue weighted by atomic mass is 16.3. The van der Waals surface area contributed by atoms with Gasteiger partial charge in [0.25, 0.3) is 0 Å². The topological polar surface area (TPSA) is 70.0 Å². The first-order valence-corrected chi connectivity index (χ1v) is 4.56. The predicted molar refractivity (Wildman–Crippen MR) is 54.5 cm³/mol. The molecule has 0 bridgehead atoms. The fourth-order valence-electron chi connectivity index (χ4n) is 1.40. The zero-order valence-corrected chi connectivity index (χ0v) is 8.20. The lowest BCUT2D eigenvalue weighted by atomic mass is 9.98. The van der Waals surface area contributed by atoms with Crippen molar-refractivity contribution in [3.63, 3.8) is 0 Å². The predicted octanol–water partition coefficient (Wildman–Crippen LogP) is 1.25. The number of aliphatic hydroxyl groups is 1. The van der Waals surface area contributed by atoms with Crippen LogP contribution in [0.2, 0.25) is 0 Å². The number of aliphatic hydroxyl groups excluding tert-OH is 1. The highest BCUT2D eigenvalue weighted by Crippen LogP contribution is 2.19. The fraction of sp³-hybridized carbons (Fsp3) is 0.364. The molecule has 3 nitrogen and oxygen atoms in total. The van der Waals surface area contributed by atoms with E-state index in [-0.39, 0.29) is 12.6 Å². The van der Waals surface area contributed by atoms with Crippen LogP contribution < -0.4 is 5.73 Å². The standard InChI is InChI=1S/C11H14N2O/c1-8-2-3-9(7-12)6-10(8)11(13)4-5-14/h2-3,6,11,14H,4-5,13H2,1H3. The Labute approximate surface area is 83.8 Å². The van der Waals surface area contributed by atoms with Gasteiger partial charge in [0, 0.05) is 12.6 Å². The Bertz CT molecular complexity index is 355. The van der Waals surface area contributed by atoms with E-state index in [4.69, 9.17) is 16.1 Å². The van der Waals surface area contributed by atoms with E-state index >= 15 is 0 Å². The molecule has 0 heterocycles. The number of nitriles is 1. The highest BCUT2D eigenvalue weighted by Gasteiger charge is 2.08. The lowest BCUT2D eigenvalue weighted by Crippen LogP contribution is -2.13. The fourth-order valence-corrected chi connectivity index (χ4v) is 1.40. The molecule has 0 saturated heterocycles. The van der Waals surface area contributed by atoms with Crippen molar-refractivity contribution in [3.05, 3.63) is 34.9 Å². The van der Waals surface area contributed by atoms with Crippen LogP contribution in [0.25, 0.3) is 0 Å². The van der Waals surface area contributed by atoms with Gasteiger partial charge in [0.05, 0.1) is 11.6 Å². The monoisotopic (exact) mass is 190 g/mol. The number of hydrogen-bond donors (Lipinski definition) is 2. The Hall–Kier alpha value is -1.37. The zero-order chi connectivity index (χ0) is 10.6. The molecule has 0 saturated carbocycles. The molecule has 1 unspecified atom stereocenters. The maximum Gasteiger partial charge on any atom is 0.0991 e. The number of benzene rings is 1. The summed E-state index contributed by atoms with van der Waals surface area (Å²) in [4.78, 5) is 0. The quantitative estimate of drug-likeness (QED) is 0.753. The summed E-state index contributed by atoms with van der Waals surface area (Å²) in [5, 5.41) is 17.5. The van der Waals surface area contributed by atoms with E-state index in [0.717, 1.165) is 11.1 Å². The molecule has 0 fully saturated rings. The molecule has 0 aliphatic carbocycles. The second-order valence-electron chi connectivity index (χ2n) is 3.30. The maximum absolute atomic E-state index is 8.77. The van der Waals surface area contributed by atoms with Gasteiger partial charge in [0.15, 0.2) is 0 Å². The molecular formula is C11H14N2O. The van der Waals surface area contributed by atoms with Gasteiger partial charge in [-0.1, -0.05) is 6.07 Å². The third-order valence-corrected chi connectivity index (χ3v) is 2.25. The minimum Gasteiger partial charge on any atom is -0.396 e. The summed E-state index contributed by atoms with van der Waals surface area (Å²) in [6.07, 6.45) is 0.524. The summed E-state index contributed by atoms with van der Waals surface area (Å²) in [6.45, 7) is 2.02. The molecular weight excluding hydrogens is 176 g/mol. The van der Waals surface area contributed by atoms with Crippen molar-refractivity contribution < 1.29 is 5.11 Å². The van der Waals surface area contributed by atoms with Crippen LogP contribution in [0.4, 0.5) is 0 Å². The van der Waals surface area contributed by atoms with E-state index < -0.39 is 0 Å². The van der Waals surface area contributed by atoms with Crippen molar-refractivity contribution in [1.29, 1.82) is 5.26 Å². The minimum absolute atomic E-state index is 0.0669. The van der Waals surface area contributed by atoms with Crippen molar-refractivity contribution in [2.24, 2.45) is 5.73 Å². The van der Waals surface area contributed by atoms with Crippen molar-refractivity contribution in [3.8, 4) is 6.07 Å². The molecule has 0 aromatic heterocycles. The number of hydrogen-bond acceptors (Lipinski definition) is 3. The summed E-state index contributed by atoms with van der Waals surface area (Å²) in [5.41, 5.74) is 8.47. The van der Waals surface area contributed by atoms with E-state index in [1.165, 1.54) is 0 Å². The van der Waals surface area contributed by atoms with Crippen LogP contribution in [0.3, 0.4) is 0 Å². The van der Waals surface area contributed by atoms with E-state index in [1.807, 2.05) is 13.0 Å². The van der Waals surface area contributed by atoms with Gasteiger partial charge in [-0.15, -0.1) is 0 Å². The van der Waals surface area contributed by atoms with Gasteiger partial charge in [0.2, 0.25) is 0 Å². The van der Waals surface area contributed by atoms with Gasteiger partial charge >= 0.3 is 0 Å². The number of nitrogens with two attached hydrogens (primary N) is 1. The lowest BCUT2D eigenvalue weighted by Gasteiger charge is -2.13. The van der Waals surface area contributed by atoms with Crippen LogP contribution in [0.5, 0.6) is 0 Å². The normalized spacial score (nSPS) is 12.1. The van der Waals surface area contributed by atoms with Crippen molar-refractivity contribution >= 4 is 0 Å². The number of nitrogens with zero attached hydrogens (tertiary/aromatic N) is 1. The molecule has 1 aromatic carbocycles. The van der Waals surface area contributed by atoms with Gasteiger partial charge in [0.1, 0.15) is 0 Å². The van der Waals surface area contributed by atoms with Crippen molar-refractivity contribution in [2.45, 2.75) is 19.4 Å². The Kier molecular flexibility index (Phi) is 3.63. The van der Waals surface area contributed by atoms with Gasteiger partial charge in [-0.2, -0.15) is 5.26 Å². The van der Waals surface area contributed by atoms with Crippen LogP contribution >= 0.6 is 0 Å². The SMILES string of the molecule is Cc1ccc(C#N)cc1C(N)CCO. The molecule has 1 rings (SSSR count). The summed E-state index contributed by atoms with van der Waals surface area (Å²) in [7, 11) is 0. The molecule has 3 heteroatoms. The Morgan fingerprint density at radius 2 is 2.29 bits per heavy atom. The lowest BCUT2D eigenvalue weighted by molar-refractivity contribution is 0.276. The molecule has 1 atom stereocenters. The smallest absolute Gasteiger partial charge is 0.0991 e. The first-order chi connectivity index (χ1) is 6.69. The van der Waals surface area contributed by atoms with Crippen molar-refractivity contribution in [2.75, 3.05) is 6.61 Å². The largest absolute Gasteiger partial charge is 0.396 e. The van der Waals surface area contributed by atoms with E-state index in [9.17, 15) is 0 Å². The Morgan fingerprint density at radius 3 is 2.86 bits per heavy atom. The molecule has 0 aliphatic heterocycles. The van der Waals surface area contributed by atoms with Gasteiger partial charge < -0.3 is 10.8 Å². The van der Waals surface area contributed by atoms with Crippen LogP contribution in [0.15, 0.2) is 18.2 Å². The van der Waals surface area contributed by atoms with Gasteiger partial charge in [-0.3, -0.25) is 0 Å². The van der Waals surface area contributed by atoms with Crippen LogP contribution in [0, 0.1) is 18.3 Å². The zero-order valence-electron chi connectivity index (χ0n) is 8.20. The van der Waals surface area contributed by atoms with Crippen molar-refractivity contribution in [1.82, 2.24) is 0 Å².